The van der Waals surface area contributed by atoms with Crippen molar-refractivity contribution in [2.24, 2.45) is 0 Å². The topological polar surface area (TPSA) is 63.8 Å². The third-order valence-corrected chi connectivity index (χ3v) is 5.88. The fraction of sp³-hybridized carbons (Fsp3) is 0.294. The van der Waals surface area contributed by atoms with Crippen LogP contribution in [0.3, 0.4) is 0 Å². The number of hydrogen-bond acceptors (Lipinski definition) is 6. The molecule has 4 rings (SSSR count). The van der Waals surface area contributed by atoms with Crippen LogP contribution < -0.4 is 11.1 Å². The Bertz CT molecular complexity index is 855. The number of nitrogens with zero attached hydrogens (tertiary/aromatic N) is 2. The van der Waals surface area contributed by atoms with E-state index in [1.165, 1.54) is 35.1 Å². The SMILES string of the molecule is CSc1nc(Nc2ccc(N)cc2)c2c3c(sc2n1)CCCC3. The lowest BCUT2D eigenvalue weighted by molar-refractivity contribution is 0.700. The molecule has 1 aliphatic rings. The van der Waals surface area contributed by atoms with Crippen molar-refractivity contribution < 1.29 is 0 Å². The minimum absolute atomic E-state index is 0.765. The third kappa shape index (κ3) is 2.77. The van der Waals surface area contributed by atoms with Gasteiger partial charge < -0.3 is 11.1 Å². The van der Waals surface area contributed by atoms with Crippen molar-refractivity contribution in [3.05, 3.63) is 34.7 Å². The summed E-state index contributed by atoms with van der Waals surface area (Å²) >= 11 is 3.41. The Morgan fingerprint density at radius 1 is 1.13 bits per heavy atom. The van der Waals surface area contributed by atoms with Crippen molar-refractivity contribution in [2.75, 3.05) is 17.3 Å². The van der Waals surface area contributed by atoms with Crippen LogP contribution in [0, 0.1) is 0 Å². The average molecular weight is 342 g/mol. The van der Waals surface area contributed by atoms with E-state index in [-0.39, 0.29) is 0 Å². The maximum absolute atomic E-state index is 5.78. The average Bonchev–Trinajstić information content (AvgIpc) is 2.95. The van der Waals surface area contributed by atoms with Crippen LogP contribution in [-0.4, -0.2) is 16.2 Å². The molecule has 2 aromatic heterocycles. The molecule has 1 aliphatic carbocycles. The van der Waals surface area contributed by atoms with E-state index in [0.717, 1.165) is 33.6 Å². The smallest absolute Gasteiger partial charge is 0.190 e. The molecule has 0 bridgehead atoms. The Labute approximate surface area is 143 Å². The van der Waals surface area contributed by atoms with E-state index in [0.29, 0.717) is 0 Å². The number of aromatic nitrogens is 2. The predicted molar refractivity (Wildman–Crippen MR) is 100.0 cm³/mol. The van der Waals surface area contributed by atoms with Crippen molar-refractivity contribution in [3.63, 3.8) is 0 Å². The summed E-state index contributed by atoms with van der Waals surface area (Å²) in [5, 5.41) is 5.49. The summed E-state index contributed by atoms with van der Waals surface area (Å²) in [7, 11) is 0. The minimum atomic E-state index is 0.765. The molecule has 4 nitrogen and oxygen atoms in total. The fourth-order valence-corrected chi connectivity index (χ4v) is 4.71. The van der Waals surface area contributed by atoms with Gasteiger partial charge in [0.1, 0.15) is 10.6 Å². The highest BCUT2D eigenvalue weighted by molar-refractivity contribution is 7.98. The molecular weight excluding hydrogens is 324 g/mol. The van der Waals surface area contributed by atoms with Gasteiger partial charge in [-0.3, -0.25) is 0 Å². The van der Waals surface area contributed by atoms with Crippen LogP contribution in [0.1, 0.15) is 23.3 Å². The number of nitrogen functional groups attached to an aromatic ring is 1. The number of anilines is 3. The van der Waals surface area contributed by atoms with Crippen molar-refractivity contribution in [1.82, 2.24) is 9.97 Å². The molecule has 0 amide bonds. The number of rotatable bonds is 3. The fourth-order valence-electron chi connectivity index (χ4n) is 3.02. The van der Waals surface area contributed by atoms with E-state index in [1.54, 1.807) is 11.8 Å². The van der Waals surface area contributed by atoms with Crippen LogP contribution in [-0.2, 0) is 12.8 Å². The first-order valence-corrected chi connectivity index (χ1v) is 9.77. The number of aryl methyl sites for hydroxylation is 2. The molecule has 3 aromatic rings. The second-order valence-electron chi connectivity index (χ2n) is 5.70. The van der Waals surface area contributed by atoms with Gasteiger partial charge >= 0.3 is 0 Å². The van der Waals surface area contributed by atoms with Crippen LogP contribution in [0.15, 0.2) is 29.4 Å². The van der Waals surface area contributed by atoms with Gasteiger partial charge in [0.25, 0.3) is 0 Å². The van der Waals surface area contributed by atoms with E-state index < -0.39 is 0 Å². The Kier molecular flexibility index (Phi) is 3.87. The molecule has 3 N–H and O–H groups in total. The van der Waals surface area contributed by atoms with Crippen molar-refractivity contribution in [1.29, 1.82) is 0 Å². The summed E-state index contributed by atoms with van der Waals surface area (Å²) in [6, 6.07) is 7.78. The zero-order chi connectivity index (χ0) is 15.8. The van der Waals surface area contributed by atoms with Gasteiger partial charge in [0, 0.05) is 16.3 Å². The number of fused-ring (bicyclic) bond motifs is 3. The maximum atomic E-state index is 5.78. The van der Waals surface area contributed by atoms with Crippen LogP contribution in [0.2, 0.25) is 0 Å². The van der Waals surface area contributed by atoms with E-state index in [2.05, 4.69) is 5.32 Å². The Hall–Kier alpha value is -1.79. The number of nitrogens with one attached hydrogen (secondary N) is 1. The molecule has 1 aromatic carbocycles. The molecule has 23 heavy (non-hydrogen) atoms. The first-order chi connectivity index (χ1) is 11.2. The van der Waals surface area contributed by atoms with Crippen molar-refractivity contribution in [3.8, 4) is 0 Å². The molecule has 0 radical (unpaired) electrons. The number of hydrogen-bond donors (Lipinski definition) is 2. The highest BCUT2D eigenvalue weighted by atomic mass is 32.2. The molecule has 0 atom stereocenters. The minimum Gasteiger partial charge on any atom is -0.399 e. The number of benzene rings is 1. The summed E-state index contributed by atoms with van der Waals surface area (Å²) in [5.74, 6) is 0.920. The lowest BCUT2D eigenvalue weighted by Gasteiger charge is -2.13. The number of thioether (sulfide) groups is 1. The summed E-state index contributed by atoms with van der Waals surface area (Å²) in [4.78, 5) is 12.1. The molecule has 6 heteroatoms. The predicted octanol–water partition coefficient (Wildman–Crippen LogP) is 4.62. The summed E-state index contributed by atoms with van der Waals surface area (Å²) in [5.41, 5.74) is 8.99. The van der Waals surface area contributed by atoms with Crippen LogP contribution >= 0.6 is 23.1 Å². The number of nitrogens with two attached hydrogens (primary N) is 1. The zero-order valence-electron chi connectivity index (χ0n) is 12.9. The Balaban J connectivity index is 1.85. The maximum Gasteiger partial charge on any atom is 0.190 e. The molecule has 0 saturated carbocycles. The quantitative estimate of drug-likeness (QED) is 0.413. The molecule has 2 heterocycles. The largest absolute Gasteiger partial charge is 0.399 e. The van der Waals surface area contributed by atoms with Gasteiger partial charge in [-0.1, -0.05) is 11.8 Å². The third-order valence-electron chi connectivity index (χ3n) is 4.15. The van der Waals surface area contributed by atoms with Crippen molar-refractivity contribution in [2.45, 2.75) is 30.8 Å². The molecule has 118 valence electrons. The summed E-state index contributed by atoms with van der Waals surface area (Å²) in [6.45, 7) is 0. The first-order valence-electron chi connectivity index (χ1n) is 7.73. The lowest BCUT2D eigenvalue weighted by atomic mass is 9.97. The first kappa shape index (κ1) is 14.8. The van der Waals surface area contributed by atoms with Gasteiger partial charge in [-0.05, 0) is 61.8 Å². The van der Waals surface area contributed by atoms with Gasteiger partial charge in [-0.25, -0.2) is 9.97 Å². The van der Waals surface area contributed by atoms with E-state index in [1.807, 2.05) is 41.9 Å². The Morgan fingerprint density at radius 3 is 2.70 bits per heavy atom. The Morgan fingerprint density at radius 2 is 1.91 bits per heavy atom. The zero-order valence-corrected chi connectivity index (χ0v) is 14.6. The van der Waals surface area contributed by atoms with E-state index in [9.17, 15) is 0 Å². The monoisotopic (exact) mass is 342 g/mol. The summed E-state index contributed by atoms with van der Waals surface area (Å²) < 4.78 is 0. The normalized spacial score (nSPS) is 14.0. The highest BCUT2D eigenvalue weighted by Gasteiger charge is 2.21. The van der Waals surface area contributed by atoms with Gasteiger partial charge in [0.05, 0.1) is 5.39 Å². The van der Waals surface area contributed by atoms with Gasteiger partial charge in [-0.15, -0.1) is 11.3 Å². The second-order valence-corrected chi connectivity index (χ2v) is 7.55. The molecule has 0 spiro atoms. The van der Waals surface area contributed by atoms with Gasteiger partial charge in [0.2, 0.25) is 0 Å². The van der Waals surface area contributed by atoms with Crippen LogP contribution in [0.4, 0.5) is 17.2 Å². The van der Waals surface area contributed by atoms with Crippen LogP contribution in [0.25, 0.3) is 10.2 Å². The standard InChI is InChI=1S/C17H18N4S2/c1-22-17-20-15(19-11-8-6-10(18)7-9-11)14-12-4-2-3-5-13(12)23-16(14)21-17/h6-9H,2-5,18H2,1H3,(H,19,20,21). The molecule has 0 saturated heterocycles. The summed E-state index contributed by atoms with van der Waals surface area (Å²) in [6.07, 6.45) is 6.86. The lowest BCUT2D eigenvalue weighted by Crippen LogP contribution is -2.02. The van der Waals surface area contributed by atoms with E-state index in [4.69, 9.17) is 15.7 Å². The van der Waals surface area contributed by atoms with Crippen LogP contribution in [0.5, 0.6) is 0 Å². The molecular formula is C17H18N4S2. The van der Waals surface area contributed by atoms with E-state index >= 15 is 0 Å². The number of thiophene rings is 1. The molecule has 0 unspecified atom stereocenters. The van der Waals surface area contributed by atoms with Gasteiger partial charge in [0.15, 0.2) is 5.16 Å². The van der Waals surface area contributed by atoms with Crippen molar-refractivity contribution >= 4 is 50.5 Å². The molecule has 0 fully saturated rings. The highest BCUT2D eigenvalue weighted by Crippen LogP contribution is 2.40. The second kappa shape index (κ2) is 6.02. The molecule has 0 aliphatic heterocycles. The van der Waals surface area contributed by atoms with Gasteiger partial charge in [-0.2, -0.15) is 0 Å².